The van der Waals surface area contributed by atoms with Crippen LogP contribution in [0.15, 0.2) is 66.2 Å². The molecule has 1 saturated carbocycles. The van der Waals surface area contributed by atoms with Gasteiger partial charge in [0.2, 0.25) is 0 Å². The van der Waals surface area contributed by atoms with Crippen molar-refractivity contribution in [3.63, 3.8) is 0 Å². The molecule has 2 N–H and O–H groups in total. The van der Waals surface area contributed by atoms with Gasteiger partial charge in [0.05, 0.1) is 5.69 Å². The Morgan fingerprint density at radius 3 is 2.68 bits per heavy atom. The van der Waals surface area contributed by atoms with Gasteiger partial charge in [-0.3, -0.25) is 9.29 Å². The van der Waals surface area contributed by atoms with Crippen LogP contribution in [0.5, 0.6) is 0 Å². The summed E-state index contributed by atoms with van der Waals surface area (Å²) in [6.45, 7) is 2.82. The second kappa shape index (κ2) is 9.62. The number of sulfonamides is 1. The third kappa shape index (κ3) is 5.51. The van der Waals surface area contributed by atoms with Crippen LogP contribution >= 0.6 is 0 Å². The van der Waals surface area contributed by atoms with Crippen molar-refractivity contribution >= 4 is 15.7 Å². The highest BCUT2D eigenvalue weighted by Crippen LogP contribution is 2.28. The molecule has 1 aromatic carbocycles. The smallest absolute Gasteiger partial charge is 0.263 e. The van der Waals surface area contributed by atoms with Gasteiger partial charge in [0.25, 0.3) is 10.0 Å². The minimum atomic E-state index is -3.74. The molecule has 1 atom stereocenters. The van der Waals surface area contributed by atoms with E-state index in [1.165, 1.54) is 38.3 Å². The normalized spacial score (nSPS) is 15.8. The molecular weight excluding hydrogens is 410 g/mol. The van der Waals surface area contributed by atoms with Crippen LogP contribution in [0, 0.1) is 5.92 Å². The van der Waals surface area contributed by atoms with Crippen molar-refractivity contribution in [2.75, 3.05) is 4.72 Å². The van der Waals surface area contributed by atoms with E-state index in [1.807, 2.05) is 18.2 Å². The second-order valence-corrected chi connectivity index (χ2v) is 9.94. The lowest BCUT2D eigenvalue weighted by molar-refractivity contribution is 0.404. The number of rotatable bonds is 9. The number of imidazole rings is 1. The maximum absolute atomic E-state index is 12.9. The molecule has 0 amide bonds. The van der Waals surface area contributed by atoms with E-state index in [0.717, 1.165) is 11.5 Å². The van der Waals surface area contributed by atoms with Gasteiger partial charge in [-0.1, -0.05) is 43.9 Å². The number of para-hydroxylation sites is 1. The van der Waals surface area contributed by atoms with E-state index in [2.05, 4.69) is 26.9 Å². The molecule has 7 nitrogen and oxygen atoms in total. The standard InChI is InChI=1S/C23H29N5O2S/c1-18(14-19-6-2-3-7-19)25-15-20-8-4-5-9-22(20)27-31(29,30)21-10-11-23(26-16-21)28-13-12-24-17-28/h4-5,8-13,16-19,25,27H,2-3,6-7,14-15H2,1H3/t18-/m0/s1. The summed E-state index contributed by atoms with van der Waals surface area (Å²) in [6.07, 6.45) is 12.9. The molecule has 0 bridgehead atoms. The average Bonchev–Trinajstić information content (AvgIpc) is 3.47. The van der Waals surface area contributed by atoms with Crippen LogP contribution in [0.1, 0.15) is 44.6 Å². The SMILES string of the molecule is C[C@@H](CC1CCCC1)NCc1ccccc1NS(=O)(=O)c1ccc(-n2ccnc2)nc1. The molecule has 0 aliphatic heterocycles. The maximum atomic E-state index is 12.9. The van der Waals surface area contributed by atoms with Crippen LogP contribution in [0.3, 0.4) is 0 Å². The van der Waals surface area contributed by atoms with Crippen molar-refractivity contribution in [3.8, 4) is 5.82 Å². The zero-order valence-electron chi connectivity index (χ0n) is 17.7. The van der Waals surface area contributed by atoms with Gasteiger partial charge in [-0.25, -0.2) is 18.4 Å². The summed E-state index contributed by atoms with van der Waals surface area (Å²) in [5.74, 6) is 1.42. The molecule has 164 valence electrons. The lowest BCUT2D eigenvalue weighted by Crippen LogP contribution is -2.28. The summed E-state index contributed by atoms with van der Waals surface area (Å²) in [5, 5.41) is 3.56. The van der Waals surface area contributed by atoms with E-state index in [1.54, 1.807) is 41.5 Å². The Morgan fingerprint density at radius 1 is 1.16 bits per heavy atom. The number of nitrogens with zero attached hydrogens (tertiary/aromatic N) is 3. The first kappa shape index (κ1) is 21.5. The quantitative estimate of drug-likeness (QED) is 0.523. The molecule has 2 aromatic heterocycles. The van der Waals surface area contributed by atoms with E-state index >= 15 is 0 Å². The van der Waals surface area contributed by atoms with E-state index < -0.39 is 10.0 Å². The van der Waals surface area contributed by atoms with Gasteiger partial charge < -0.3 is 5.32 Å². The van der Waals surface area contributed by atoms with Gasteiger partial charge in [0.15, 0.2) is 0 Å². The maximum Gasteiger partial charge on any atom is 0.263 e. The molecular formula is C23H29N5O2S. The molecule has 1 aliphatic rings. The number of hydrogen-bond acceptors (Lipinski definition) is 5. The topological polar surface area (TPSA) is 88.9 Å². The fourth-order valence-corrected chi connectivity index (χ4v) is 5.22. The molecule has 4 rings (SSSR count). The first-order valence-corrected chi connectivity index (χ1v) is 12.3. The predicted molar refractivity (Wildman–Crippen MR) is 121 cm³/mol. The summed E-state index contributed by atoms with van der Waals surface area (Å²) < 4.78 is 30.3. The van der Waals surface area contributed by atoms with Crippen LogP contribution in [-0.2, 0) is 16.6 Å². The lowest BCUT2D eigenvalue weighted by atomic mass is 9.99. The van der Waals surface area contributed by atoms with Gasteiger partial charge in [-0.2, -0.15) is 0 Å². The summed E-state index contributed by atoms with van der Waals surface area (Å²) >= 11 is 0. The first-order chi connectivity index (χ1) is 15.0. The third-order valence-corrected chi connectivity index (χ3v) is 7.22. The van der Waals surface area contributed by atoms with Gasteiger partial charge in [-0.05, 0) is 43.0 Å². The lowest BCUT2D eigenvalue weighted by Gasteiger charge is -2.19. The molecule has 0 saturated heterocycles. The third-order valence-electron chi connectivity index (χ3n) is 5.86. The number of benzene rings is 1. The van der Waals surface area contributed by atoms with E-state index in [4.69, 9.17) is 0 Å². The number of anilines is 1. The average molecular weight is 440 g/mol. The second-order valence-electron chi connectivity index (χ2n) is 8.25. The molecule has 0 unspecified atom stereocenters. The number of pyridine rings is 1. The summed E-state index contributed by atoms with van der Waals surface area (Å²) in [7, 11) is -3.74. The van der Waals surface area contributed by atoms with Crippen LogP contribution in [0.2, 0.25) is 0 Å². The molecule has 8 heteroatoms. The van der Waals surface area contributed by atoms with Crippen LogP contribution in [0.4, 0.5) is 5.69 Å². The molecule has 0 radical (unpaired) electrons. The number of hydrogen-bond donors (Lipinski definition) is 2. The molecule has 1 aliphatic carbocycles. The van der Waals surface area contributed by atoms with Crippen molar-refractivity contribution in [2.24, 2.45) is 5.92 Å². The summed E-state index contributed by atoms with van der Waals surface area (Å²) in [5.41, 5.74) is 1.51. The fraction of sp³-hybridized carbons (Fsp3) is 0.391. The van der Waals surface area contributed by atoms with E-state index in [-0.39, 0.29) is 4.90 Å². The minimum Gasteiger partial charge on any atom is -0.310 e. The summed E-state index contributed by atoms with van der Waals surface area (Å²) in [6, 6.07) is 11.1. The Kier molecular flexibility index (Phi) is 6.67. The zero-order chi connectivity index (χ0) is 21.7. The van der Waals surface area contributed by atoms with E-state index in [9.17, 15) is 8.42 Å². The Labute approximate surface area is 184 Å². The largest absolute Gasteiger partial charge is 0.310 e. The van der Waals surface area contributed by atoms with Crippen LogP contribution in [-0.4, -0.2) is 29.0 Å². The van der Waals surface area contributed by atoms with Gasteiger partial charge >= 0.3 is 0 Å². The highest BCUT2D eigenvalue weighted by molar-refractivity contribution is 7.92. The van der Waals surface area contributed by atoms with Crippen molar-refractivity contribution in [1.29, 1.82) is 0 Å². The van der Waals surface area contributed by atoms with Crippen molar-refractivity contribution < 1.29 is 8.42 Å². The Balaban J connectivity index is 1.42. The Hall–Kier alpha value is -2.71. The first-order valence-electron chi connectivity index (χ1n) is 10.8. The van der Waals surface area contributed by atoms with Gasteiger partial charge in [-0.15, -0.1) is 0 Å². The molecule has 1 fully saturated rings. The number of nitrogens with one attached hydrogen (secondary N) is 2. The zero-order valence-corrected chi connectivity index (χ0v) is 18.6. The van der Waals surface area contributed by atoms with Crippen LogP contribution < -0.4 is 10.0 Å². The van der Waals surface area contributed by atoms with Crippen molar-refractivity contribution in [3.05, 3.63) is 66.9 Å². The van der Waals surface area contributed by atoms with Crippen molar-refractivity contribution in [1.82, 2.24) is 19.9 Å². The predicted octanol–water partition coefficient (Wildman–Crippen LogP) is 4.13. The Bertz CT molecular complexity index is 1080. The molecule has 31 heavy (non-hydrogen) atoms. The highest BCUT2D eigenvalue weighted by Gasteiger charge is 2.19. The molecule has 3 aromatic rings. The molecule has 0 spiro atoms. The Morgan fingerprint density at radius 2 is 1.97 bits per heavy atom. The van der Waals surface area contributed by atoms with Gasteiger partial charge in [0, 0.05) is 31.2 Å². The number of aromatic nitrogens is 3. The van der Waals surface area contributed by atoms with Crippen LogP contribution in [0.25, 0.3) is 5.82 Å². The minimum absolute atomic E-state index is 0.119. The van der Waals surface area contributed by atoms with E-state index in [0.29, 0.717) is 24.1 Å². The highest BCUT2D eigenvalue weighted by atomic mass is 32.2. The van der Waals surface area contributed by atoms with Crippen molar-refractivity contribution in [2.45, 2.75) is 56.5 Å². The molecule has 2 heterocycles. The fourth-order valence-electron chi connectivity index (χ4n) is 4.17. The summed E-state index contributed by atoms with van der Waals surface area (Å²) in [4.78, 5) is 8.35. The monoisotopic (exact) mass is 439 g/mol. The van der Waals surface area contributed by atoms with Gasteiger partial charge in [0.1, 0.15) is 17.0 Å².